The summed E-state index contributed by atoms with van der Waals surface area (Å²) in [6, 6.07) is 4.61. The van der Waals surface area contributed by atoms with E-state index in [2.05, 4.69) is 0 Å². The van der Waals surface area contributed by atoms with Gasteiger partial charge in [0.2, 0.25) is 0 Å². The van der Waals surface area contributed by atoms with E-state index in [0.29, 0.717) is 5.56 Å². The Hall–Kier alpha value is -1.07. The van der Waals surface area contributed by atoms with Crippen molar-refractivity contribution in [2.75, 3.05) is 20.7 Å². The highest BCUT2D eigenvalue weighted by molar-refractivity contribution is 5.28. The van der Waals surface area contributed by atoms with Crippen molar-refractivity contribution in [1.82, 2.24) is 4.90 Å². The highest BCUT2D eigenvalue weighted by Gasteiger charge is 2.31. The molecule has 16 heavy (non-hydrogen) atoms. The quantitative estimate of drug-likeness (QED) is 0.865. The third-order valence-electron chi connectivity index (χ3n) is 2.40. The van der Waals surface area contributed by atoms with Crippen molar-refractivity contribution in [3.63, 3.8) is 0 Å². The van der Waals surface area contributed by atoms with Crippen molar-refractivity contribution < 1.29 is 18.3 Å². The van der Waals surface area contributed by atoms with E-state index < -0.39 is 17.8 Å². The fourth-order valence-corrected chi connectivity index (χ4v) is 1.49. The summed E-state index contributed by atoms with van der Waals surface area (Å²) in [6.07, 6.45) is -4.34. The molecule has 0 aromatic heterocycles. The maximum atomic E-state index is 12.5. The first kappa shape index (κ1) is 13.0. The first-order chi connectivity index (χ1) is 7.36. The summed E-state index contributed by atoms with van der Waals surface area (Å²) in [6.45, 7) is -0.214. The van der Waals surface area contributed by atoms with E-state index in [4.69, 9.17) is 5.11 Å². The molecular weight excluding hydrogens is 219 g/mol. The first-order valence-electron chi connectivity index (χ1n) is 4.80. The number of hydrogen-bond acceptors (Lipinski definition) is 2. The zero-order valence-electron chi connectivity index (χ0n) is 9.12. The van der Waals surface area contributed by atoms with Crippen LogP contribution in [0.2, 0.25) is 0 Å². The lowest BCUT2D eigenvalue weighted by Gasteiger charge is -2.23. The summed E-state index contributed by atoms with van der Waals surface area (Å²) in [4.78, 5) is 1.68. The molecule has 0 aliphatic heterocycles. The number of halogens is 3. The second-order valence-electron chi connectivity index (χ2n) is 3.79. The molecule has 0 amide bonds. The standard InChI is InChI=1S/C11H14F3NO/c1-15(2)10(7-16)8-4-3-5-9(6-8)11(12,13)14/h3-6,10,16H,7H2,1-2H3. The fraction of sp³-hybridized carbons (Fsp3) is 0.455. The Balaban J connectivity index is 3.07. The van der Waals surface area contributed by atoms with Crippen LogP contribution in [-0.2, 0) is 6.18 Å². The van der Waals surface area contributed by atoms with Gasteiger partial charge in [0.1, 0.15) is 0 Å². The van der Waals surface area contributed by atoms with Crippen LogP contribution in [0.4, 0.5) is 13.2 Å². The van der Waals surface area contributed by atoms with Crippen molar-refractivity contribution in [1.29, 1.82) is 0 Å². The largest absolute Gasteiger partial charge is 0.416 e. The third-order valence-corrected chi connectivity index (χ3v) is 2.40. The van der Waals surface area contributed by atoms with E-state index in [1.54, 1.807) is 25.1 Å². The van der Waals surface area contributed by atoms with Gasteiger partial charge in [0.25, 0.3) is 0 Å². The predicted octanol–water partition coefficient (Wildman–Crippen LogP) is 2.30. The average Bonchev–Trinajstić information content (AvgIpc) is 2.17. The molecular formula is C11H14F3NO. The van der Waals surface area contributed by atoms with Crippen LogP contribution in [0.25, 0.3) is 0 Å². The molecule has 2 nitrogen and oxygen atoms in total. The van der Waals surface area contributed by atoms with Crippen LogP contribution in [0.1, 0.15) is 17.2 Å². The van der Waals surface area contributed by atoms with Gasteiger partial charge < -0.3 is 10.0 Å². The number of aliphatic hydroxyl groups excluding tert-OH is 1. The molecule has 1 rings (SSSR count). The van der Waals surface area contributed by atoms with E-state index >= 15 is 0 Å². The molecule has 1 aromatic rings. The number of benzene rings is 1. The molecule has 0 aliphatic carbocycles. The monoisotopic (exact) mass is 233 g/mol. The Morgan fingerprint density at radius 1 is 1.31 bits per heavy atom. The van der Waals surface area contributed by atoms with Gasteiger partial charge in [-0.15, -0.1) is 0 Å². The van der Waals surface area contributed by atoms with Gasteiger partial charge >= 0.3 is 6.18 Å². The van der Waals surface area contributed by atoms with Gasteiger partial charge in [0.15, 0.2) is 0 Å². The number of nitrogens with zero attached hydrogens (tertiary/aromatic N) is 1. The summed E-state index contributed by atoms with van der Waals surface area (Å²) in [7, 11) is 3.42. The Bertz CT molecular complexity index is 349. The molecule has 1 atom stereocenters. The van der Waals surface area contributed by atoms with Crippen LogP contribution in [-0.4, -0.2) is 30.7 Å². The molecule has 5 heteroatoms. The van der Waals surface area contributed by atoms with Crippen LogP contribution in [0.3, 0.4) is 0 Å². The van der Waals surface area contributed by atoms with Crippen molar-refractivity contribution in [2.24, 2.45) is 0 Å². The smallest absolute Gasteiger partial charge is 0.394 e. The van der Waals surface area contributed by atoms with Crippen LogP contribution in [0.15, 0.2) is 24.3 Å². The molecule has 0 spiro atoms. The van der Waals surface area contributed by atoms with Crippen LogP contribution < -0.4 is 0 Å². The van der Waals surface area contributed by atoms with E-state index in [0.717, 1.165) is 12.1 Å². The second kappa shape index (κ2) is 4.84. The third kappa shape index (κ3) is 2.96. The topological polar surface area (TPSA) is 23.5 Å². The number of rotatable bonds is 3. The molecule has 0 saturated heterocycles. The summed E-state index contributed by atoms with van der Waals surface area (Å²) < 4.78 is 37.4. The second-order valence-corrected chi connectivity index (χ2v) is 3.79. The Kier molecular flexibility index (Phi) is 3.93. The number of hydrogen-bond donors (Lipinski definition) is 1. The lowest BCUT2D eigenvalue weighted by Crippen LogP contribution is -2.23. The van der Waals surface area contributed by atoms with Crippen molar-refractivity contribution in [3.05, 3.63) is 35.4 Å². The van der Waals surface area contributed by atoms with E-state index in [1.807, 2.05) is 0 Å². The molecule has 1 unspecified atom stereocenters. The molecule has 0 aliphatic rings. The number of alkyl halides is 3. The Labute approximate surface area is 92.3 Å². The molecule has 0 heterocycles. The number of aliphatic hydroxyl groups is 1. The van der Waals surface area contributed by atoms with Gasteiger partial charge in [-0.25, -0.2) is 0 Å². The van der Waals surface area contributed by atoms with Crippen molar-refractivity contribution in [3.8, 4) is 0 Å². The van der Waals surface area contributed by atoms with Gasteiger partial charge in [-0.3, -0.25) is 0 Å². The Morgan fingerprint density at radius 2 is 1.94 bits per heavy atom. The molecule has 1 N–H and O–H groups in total. The lowest BCUT2D eigenvalue weighted by atomic mass is 10.0. The zero-order chi connectivity index (χ0) is 12.3. The van der Waals surface area contributed by atoms with E-state index in [1.165, 1.54) is 6.07 Å². The minimum atomic E-state index is -4.34. The van der Waals surface area contributed by atoms with E-state index in [-0.39, 0.29) is 6.61 Å². The van der Waals surface area contributed by atoms with Gasteiger partial charge in [0, 0.05) is 0 Å². The predicted molar refractivity (Wildman–Crippen MR) is 55.0 cm³/mol. The average molecular weight is 233 g/mol. The first-order valence-corrected chi connectivity index (χ1v) is 4.80. The summed E-state index contributed by atoms with van der Waals surface area (Å²) in [5.74, 6) is 0. The molecule has 0 bridgehead atoms. The van der Waals surface area contributed by atoms with E-state index in [9.17, 15) is 13.2 Å². The van der Waals surface area contributed by atoms with Crippen LogP contribution in [0, 0.1) is 0 Å². The maximum Gasteiger partial charge on any atom is 0.416 e. The van der Waals surface area contributed by atoms with Gasteiger partial charge in [-0.2, -0.15) is 13.2 Å². The molecule has 0 fully saturated rings. The van der Waals surface area contributed by atoms with Crippen LogP contribution in [0.5, 0.6) is 0 Å². The summed E-state index contributed by atoms with van der Waals surface area (Å²) in [5.41, 5.74) is -0.229. The minimum absolute atomic E-state index is 0.214. The number of likely N-dealkylation sites (N-methyl/N-ethyl adjacent to an activating group) is 1. The minimum Gasteiger partial charge on any atom is -0.394 e. The summed E-state index contributed by atoms with van der Waals surface area (Å²) in [5, 5.41) is 9.12. The zero-order valence-corrected chi connectivity index (χ0v) is 9.12. The highest BCUT2D eigenvalue weighted by Crippen LogP contribution is 2.31. The SMILES string of the molecule is CN(C)C(CO)c1cccc(C(F)(F)F)c1. The highest BCUT2D eigenvalue weighted by atomic mass is 19.4. The van der Waals surface area contributed by atoms with Gasteiger partial charge in [-0.05, 0) is 31.8 Å². The van der Waals surface area contributed by atoms with Crippen LogP contribution >= 0.6 is 0 Å². The van der Waals surface area contributed by atoms with Crippen molar-refractivity contribution in [2.45, 2.75) is 12.2 Å². The van der Waals surface area contributed by atoms with Gasteiger partial charge in [-0.1, -0.05) is 12.1 Å². The Morgan fingerprint density at radius 3 is 2.38 bits per heavy atom. The van der Waals surface area contributed by atoms with Gasteiger partial charge in [0.05, 0.1) is 18.2 Å². The molecule has 0 saturated carbocycles. The normalized spacial score (nSPS) is 14.2. The molecule has 1 aromatic carbocycles. The lowest BCUT2D eigenvalue weighted by molar-refractivity contribution is -0.137. The fourth-order valence-electron chi connectivity index (χ4n) is 1.49. The summed E-state index contributed by atoms with van der Waals surface area (Å²) >= 11 is 0. The van der Waals surface area contributed by atoms with Crippen molar-refractivity contribution >= 4 is 0 Å². The molecule has 0 radical (unpaired) electrons. The molecule has 90 valence electrons. The maximum absolute atomic E-state index is 12.5.